The molecule has 0 unspecified atom stereocenters. The van der Waals surface area contributed by atoms with Crippen LogP contribution in [0.4, 0.5) is 5.82 Å². The number of nitrogens with zero attached hydrogens (tertiary/aromatic N) is 5. The fraction of sp³-hybridized carbons (Fsp3) is 0.500. The molecule has 0 radical (unpaired) electrons. The van der Waals surface area contributed by atoms with Crippen molar-refractivity contribution in [2.45, 2.75) is 33.1 Å². The molecule has 1 aliphatic rings. The van der Waals surface area contributed by atoms with Gasteiger partial charge in [0.15, 0.2) is 0 Å². The Morgan fingerprint density at radius 1 is 1.11 bits per heavy atom. The van der Waals surface area contributed by atoms with Gasteiger partial charge < -0.3 is 9.64 Å². The average molecular weight is 380 g/mol. The van der Waals surface area contributed by atoms with Crippen molar-refractivity contribution in [1.29, 1.82) is 5.26 Å². The van der Waals surface area contributed by atoms with E-state index in [-0.39, 0.29) is 0 Å². The maximum atomic E-state index is 8.82. The van der Waals surface area contributed by atoms with E-state index >= 15 is 0 Å². The summed E-state index contributed by atoms with van der Waals surface area (Å²) in [7, 11) is 0. The van der Waals surface area contributed by atoms with Crippen LogP contribution in [0.1, 0.15) is 43.3 Å². The van der Waals surface area contributed by atoms with Gasteiger partial charge in [-0.25, -0.2) is 9.97 Å². The van der Waals surface area contributed by atoms with Crippen molar-refractivity contribution in [3.05, 3.63) is 47.4 Å². The first-order valence-electron chi connectivity index (χ1n) is 10.0. The number of ether oxygens (including phenoxy) is 1. The Hall–Kier alpha value is -2.65. The monoisotopic (exact) mass is 379 g/mol. The smallest absolute Gasteiger partial charge is 0.133 e. The van der Waals surface area contributed by atoms with Crippen molar-refractivity contribution in [3.63, 3.8) is 0 Å². The maximum Gasteiger partial charge on any atom is 0.133 e. The van der Waals surface area contributed by atoms with Crippen molar-refractivity contribution in [3.8, 4) is 11.8 Å². The summed E-state index contributed by atoms with van der Waals surface area (Å²) >= 11 is 0. The van der Waals surface area contributed by atoms with E-state index in [4.69, 9.17) is 15.0 Å². The largest absolute Gasteiger partial charge is 0.494 e. The zero-order chi connectivity index (χ0) is 19.9. The molecule has 2 heterocycles. The summed E-state index contributed by atoms with van der Waals surface area (Å²) in [6, 6.07) is 11.5. The third-order valence-electron chi connectivity index (χ3n) is 4.94. The average Bonchev–Trinajstić information content (AvgIpc) is 2.71. The minimum Gasteiger partial charge on any atom is -0.494 e. The molecule has 148 valence electrons. The van der Waals surface area contributed by atoms with Crippen LogP contribution in [-0.4, -0.2) is 54.2 Å². The Morgan fingerprint density at radius 3 is 2.46 bits per heavy atom. The first-order valence-corrected chi connectivity index (χ1v) is 10.0. The predicted molar refractivity (Wildman–Crippen MR) is 111 cm³/mol. The second kappa shape index (κ2) is 9.52. The van der Waals surface area contributed by atoms with Crippen LogP contribution in [0.2, 0.25) is 0 Å². The fourth-order valence-corrected chi connectivity index (χ4v) is 3.30. The summed E-state index contributed by atoms with van der Waals surface area (Å²) < 4.78 is 5.77. The highest BCUT2D eigenvalue weighted by Gasteiger charge is 2.19. The summed E-state index contributed by atoms with van der Waals surface area (Å²) in [5.41, 5.74) is 1.70. The minimum absolute atomic E-state index is 0.344. The van der Waals surface area contributed by atoms with Crippen LogP contribution in [0.3, 0.4) is 0 Å². The van der Waals surface area contributed by atoms with Crippen molar-refractivity contribution in [2.75, 3.05) is 44.2 Å². The summed E-state index contributed by atoms with van der Waals surface area (Å²) in [6.45, 7) is 12.1. The number of rotatable bonds is 7. The van der Waals surface area contributed by atoms with Gasteiger partial charge in [0.1, 0.15) is 17.4 Å². The van der Waals surface area contributed by atoms with Gasteiger partial charge in [-0.1, -0.05) is 13.8 Å². The van der Waals surface area contributed by atoms with E-state index in [2.05, 4.69) is 40.8 Å². The number of aryl methyl sites for hydroxylation is 1. The van der Waals surface area contributed by atoms with Gasteiger partial charge in [-0.3, -0.25) is 4.90 Å². The lowest BCUT2D eigenvalue weighted by Gasteiger charge is -2.35. The summed E-state index contributed by atoms with van der Waals surface area (Å²) in [6.07, 6.45) is 0.990. The van der Waals surface area contributed by atoms with E-state index in [1.807, 2.05) is 19.1 Å². The molecule has 1 fully saturated rings. The van der Waals surface area contributed by atoms with Crippen LogP contribution in [-0.2, 0) is 0 Å². The van der Waals surface area contributed by atoms with E-state index < -0.39 is 0 Å². The van der Waals surface area contributed by atoms with Crippen LogP contribution in [0.25, 0.3) is 0 Å². The quantitative estimate of drug-likeness (QED) is 0.687. The molecule has 0 N–H and O–H groups in total. The lowest BCUT2D eigenvalue weighted by Crippen LogP contribution is -2.47. The molecule has 1 aromatic carbocycles. The molecule has 0 atom stereocenters. The lowest BCUT2D eigenvalue weighted by molar-refractivity contribution is 0.224. The zero-order valence-corrected chi connectivity index (χ0v) is 17.1. The second-order valence-electron chi connectivity index (χ2n) is 7.55. The van der Waals surface area contributed by atoms with Gasteiger partial charge in [0.25, 0.3) is 0 Å². The van der Waals surface area contributed by atoms with Crippen LogP contribution in [0, 0.1) is 18.3 Å². The first-order chi connectivity index (χ1) is 13.5. The molecular weight excluding hydrogens is 350 g/mol. The Bertz CT molecular complexity index is 805. The first kappa shape index (κ1) is 20.1. The molecule has 6 heteroatoms. The topological polar surface area (TPSA) is 65.3 Å². The van der Waals surface area contributed by atoms with Crippen LogP contribution < -0.4 is 9.64 Å². The molecule has 1 aromatic heterocycles. The predicted octanol–water partition coefficient (Wildman–Crippen LogP) is 3.37. The Kier molecular flexibility index (Phi) is 6.83. The highest BCUT2D eigenvalue weighted by molar-refractivity contribution is 5.40. The number of anilines is 1. The molecule has 6 nitrogen and oxygen atoms in total. The van der Waals surface area contributed by atoms with Crippen molar-refractivity contribution >= 4 is 5.82 Å². The van der Waals surface area contributed by atoms with E-state index in [9.17, 15) is 0 Å². The van der Waals surface area contributed by atoms with Crippen molar-refractivity contribution in [1.82, 2.24) is 14.9 Å². The Morgan fingerprint density at radius 2 is 1.82 bits per heavy atom. The molecule has 0 spiro atoms. The van der Waals surface area contributed by atoms with Gasteiger partial charge >= 0.3 is 0 Å². The van der Waals surface area contributed by atoms with Crippen LogP contribution >= 0.6 is 0 Å². The standard InChI is InChI=1S/C22H29N5O/c1-17(2)22-24-18(3)15-21(25-22)27-12-10-26(11-13-27)9-4-14-28-20-7-5-19(16-23)6-8-20/h5-8,15,17H,4,9-14H2,1-3H3. The van der Waals surface area contributed by atoms with Gasteiger partial charge in [-0.05, 0) is 37.6 Å². The highest BCUT2D eigenvalue weighted by Crippen LogP contribution is 2.19. The third kappa shape index (κ3) is 5.43. The maximum absolute atomic E-state index is 8.82. The molecule has 0 aliphatic carbocycles. The van der Waals surface area contributed by atoms with Crippen LogP contribution in [0.5, 0.6) is 5.75 Å². The molecule has 0 saturated carbocycles. The third-order valence-corrected chi connectivity index (χ3v) is 4.94. The number of hydrogen-bond acceptors (Lipinski definition) is 6. The lowest BCUT2D eigenvalue weighted by atomic mass is 10.2. The fourth-order valence-electron chi connectivity index (χ4n) is 3.30. The normalized spacial score (nSPS) is 14.9. The molecule has 1 aliphatic heterocycles. The molecule has 1 saturated heterocycles. The van der Waals surface area contributed by atoms with E-state index in [0.717, 1.165) is 62.2 Å². The Balaban J connectivity index is 1.41. The van der Waals surface area contributed by atoms with Gasteiger partial charge in [0.2, 0.25) is 0 Å². The second-order valence-corrected chi connectivity index (χ2v) is 7.55. The van der Waals surface area contributed by atoms with E-state index in [1.165, 1.54) is 0 Å². The number of aromatic nitrogens is 2. The van der Waals surface area contributed by atoms with Crippen molar-refractivity contribution < 1.29 is 4.74 Å². The highest BCUT2D eigenvalue weighted by atomic mass is 16.5. The number of hydrogen-bond donors (Lipinski definition) is 0. The molecule has 2 aromatic rings. The summed E-state index contributed by atoms with van der Waals surface area (Å²) in [5, 5.41) is 8.82. The number of piperazine rings is 1. The van der Waals surface area contributed by atoms with Gasteiger partial charge in [0, 0.05) is 50.4 Å². The van der Waals surface area contributed by atoms with E-state index in [1.54, 1.807) is 12.1 Å². The molecule has 0 bridgehead atoms. The molecule has 3 rings (SSSR count). The van der Waals surface area contributed by atoms with Crippen LogP contribution in [0.15, 0.2) is 30.3 Å². The number of nitriles is 1. The van der Waals surface area contributed by atoms with Gasteiger partial charge in [-0.15, -0.1) is 0 Å². The number of benzene rings is 1. The zero-order valence-electron chi connectivity index (χ0n) is 17.1. The molecule has 0 amide bonds. The summed E-state index contributed by atoms with van der Waals surface area (Å²) in [4.78, 5) is 14.2. The molecule has 28 heavy (non-hydrogen) atoms. The SMILES string of the molecule is Cc1cc(N2CCN(CCCOc3ccc(C#N)cc3)CC2)nc(C(C)C)n1. The minimum atomic E-state index is 0.344. The Labute approximate surface area is 167 Å². The van der Waals surface area contributed by atoms with Crippen molar-refractivity contribution in [2.24, 2.45) is 0 Å². The van der Waals surface area contributed by atoms with Gasteiger partial charge in [-0.2, -0.15) is 5.26 Å². The van der Waals surface area contributed by atoms with E-state index in [0.29, 0.717) is 18.1 Å². The van der Waals surface area contributed by atoms with Gasteiger partial charge in [0.05, 0.1) is 18.2 Å². The summed E-state index contributed by atoms with van der Waals surface area (Å²) in [5.74, 6) is 3.15. The molecular formula is C22H29N5O.